The van der Waals surface area contributed by atoms with Gasteiger partial charge in [-0.2, -0.15) is 0 Å². The lowest BCUT2D eigenvalue weighted by Gasteiger charge is -2.28. The molecule has 0 atom stereocenters. The number of carbonyl (C=O) groups excluding carboxylic acids is 2. The maximum Gasteiger partial charge on any atom is 0.254 e. The summed E-state index contributed by atoms with van der Waals surface area (Å²) >= 11 is 1.63. The first-order valence-electron chi connectivity index (χ1n) is 12.6. The van der Waals surface area contributed by atoms with Crippen LogP contribution in [0, 0.1) is 6.92 Å². The molecule has 0 N–H and O–H groups in total. The third kappa shape index (κ3) is 6.39. The number of ether oxygens (including phenoxy) is 4. The number of rotatable bonds is 12. The van der Waals surface area contributed by atoms with Crippen LogP contribution >= 0.6 is 11.3 Å². The van der Waals surface area contributed by atoms with Crippen LogP contribution in [0.3, 0.4) is 0 Å². The topological polar surface area (TPSA) is 77.5 Å². The standard InChI is InChI=1S/C29H34N2O6S/c1-5-12-31(29(33)22-7-9-24-26(16-22)37-19-36-24)18-28(32)30(17-27-20(2)11-14-38-27)13-10-21-6-8-23(34-3)25(15-21)35-4/h6-9,11,14-16H,5,10,12-13,17-19H2,1-4H3. The van der Waals surface area contributed by atoms with Crippen LogP contribution in [-0.2, 0) is 17.8 Å². The Kier molecular flexibility index (Phi) is 9.12. The van der Waals surface area contributed by atoms with Crippen molar-refractivity contribution >= 4 is 23.2 Å². The van der Waals surface area contributed by atoms with Gasteiger partial charge < -0.3 is 28.7 Å². The fourth-order valence-corrected chi connectivity index (χ4v) is 5.25. The van der Waals surface area contributed by atoms with Crippen molar-refractivity contribution in [3.8, 4) is 23.0 Å². The zero-order valence-electron chi connectivity index (χ0n) is 22.3. The summed E-state index contributed by atoms with van der Waals surface area (Å²) in [7, 11) is 3.21. The maximum atomic E-state index is 13.7. The molecule has 0 fully saturated rings. The van der Waals surface area contributed by atoms with Crippen LogP contribution in [0.1, 0.15) is 39.7 Å². The van der Waals surface area contributed by atoms with Gasteiger partial charge in [0, 0.05) is 23.5 Å². The van der Waals surface area contributed by atoms with E-state index in [0.717, 1.165) is 22.4 Å². The van der Waals surface area contributed by atoms with E-state index in [1.54, 1.807) is 48.7 Å². The van der Waals surface area contributed by atoms with Gasteiger partial charge in [-0.3, -0.25) is 9.59 Å². The van der Waals surface area contributed by atoms with Crippen molar-refractivity contribution in [1.29, 1.82) is 0 Å². The molecule has 0 radical (unpaired) electrons. The predicted molar refractivity (Wildman–Crippen MR) is 146 cm³/mol. The van der Waals surface area contributed by atoms with Gasteiger partial charge >= 0.3 is 0 Å². The summed E-state index contributed by atoms with van der Waals surface area (Å²) < 4.78 is 21.6. The monoisotopic (exact) mass is 538 g/mol. The number of amides is 2. The van der Waals surface area contributed by atoms with Crippen molar-refractivity contribution < 1.29 is 28.5 Å². The highest BCUT2D eigenvalue weighted by Crippen LogP contribution is 2.33. The molecule has 9 heteroatoms. The second-order valence-corrected chi connectivity index (χ2v) is 10.1. The number of thiophene rings is 1. The fourth-order valence-electron chi connectivity index (χ4n) is 4.33. The lowest BCUT2D eigenvalue weighted by molar-refractivity contribution is -0.132. The van der Waals surface area contributed by atoms with Crippen molar-refractivity contribution in [2.75, 3.05) is 40.6 Å². The van der Waals surface area contributed by atoms with Gasteiger partial charge in [-0.15, -0.1) is 11.3 Å². The van der Waals surface area contributed by atoms with E-state index < -0.39 is 0 Å². The summed E-state index contributed by atoms with van der Waals surface area (Å²) in [4.78, 5) is 31.7. The van der Waals surface area contributed by atoms with E-state index in [4.69, 9.17) is 18.9 Å². The van der Waals surface area contributed by atoms with E-state index in [9.17, 15) is 9.59 Å². The number of benzene rings is 2. The van der Waals surface area contributed by atoms with Gasteiger partial charge in [-0.05, 0) is 72.7 Å². The quantitative estimate of drug-likeness (QED) is 0.326. The van der Waals surface area contributed by atoms with E-state index in [-0.39, 0.29) is 25.2 Å². The number of fused-ring (bicyclic) bond motifs is 1. The van der Waals surface area contributed by atoms with Gasteiger partial charge in [0.15, 0.2) is 23.0 Å². The lowest BCUT2D eigenvalue weighted by Crippen LogP contribution is -2.43. The summed E-state index contributed by atoms with van der Waals surface area (Å²) in [6.45, 7) is 5.65. The molecular weight excluding hydrogens is 504 g/mol. The SMILES string of the molecule is CCCN(CC(=O)N(CCc1ccc(OC)c(OC)c1)Cc1sccc1C)C(=O)c1ccc2c(c1)OCO2. The number of hydrogen-bond acceptors (Lipinski definition) is 7. The largest absolute Gasteiger partial charge is 0.493 e. The highest BCUT2D eigenvalue weighted by atomic mass is 32.1. The molecule has 8 nitrogen and oxygen atoms in total. The normalized spacial score (nSPS) is 11.8. The Morgan fingerprint density at radius 3 is 2.45 bits per heavy atom. The number of carbonyl (C=O) groups is 2. The number of methoxy groups -OCH3 is 2. The lowest BCUT2D eigenvalue weighted by atomic mass is 10.1. The molecule has 202 valence electrons. The minimum atomic E-state index is -0.203. The molecule has 0 bridgehead atoms. The third-order valence-electron chi connectivity index (χ3n) is 6.50. The molecule has 2 aromatic carbocycles. The summed E-state index contributed by atoms with van der Waals surface area (Å²) in [5.74, 6) is 2.18. The van der Waals surface area contributed by atoms with Crippen molar-refractivity contribution in [2.45, 2.75) is 33.2 Å². The number of nitrogens with zero attached hydrogens (tertiary/aromatic N) is 2. The maximum absolute atomic E-state index is 13.7. The molecule has 0 spiro atoms. The minimum absolute atomic E-state index is 0.00251. The van der Waals surface area contributed by atoms with E-state index in [2.05, 4.69) is 13.0 Å². The first kappa shape index (κ1) is 27.3. The molecule has 0 unspecified atom stereocenters. The molecule has 0 saturated heterocycles. The molecule has 2 amide bonds. The third-order valence-corrected chi connectivity index (χ3v) is 7.51. The van der Waals surface area contributed by atoms with Gasteiger partial charge in [0.25, 0.3) is 5.91 Å². The van der Waals surface area contributed by atoms with Crippen LogP contribution < -0.4 is 18.9 Å². The Bertz CT molecular complexity index is 1270. The molecule has 38 heavy (non-hydrogen) atoms. The second-order valence-electron chi connectivity index (χ2n) is 9.08. The fraction of sp³-hybridized carbons (Fsp3) is 0.379. The zero-order valence-corrected chi connectivity index (χ0v) is 23.1. The molecule has 0 saturated carbocycles. The van der Waals surface area contributed by atoms with Crippen molar-refractivity contribution in [2.24, 2.45) is 0 Å². The summed E-state index contributed by atoms with van der Waals surface area (Å²) in [5, 5.41) is 2.04. The Morgan fingerprint density at radius 1 is 0.947 bits per heavy atom. The molecule has 2 heterocycles. The zero-order chi connectivity index (χ0) is 27.1. The predicted octanol–water partition coefficient (Wildman–Crippen LogP) is 4.93. The van der Waals surface area contributed by atoms with Crippen LogP contribution in [-0.4, -0.2) is 62.3 Å². The number of aryl methyl sites for hydroxylation is 1. The molecule has 1 aliphatic rings. The first-order valence-corrected chi connectivity index (χ1v) is 13.5. The van der Waals surface area contributed by atoms with Crippen LogP contribution in [0.15, 0.2) is 47.8 Å². The van der Waals surface area contributed by atoms with Gasteiger partial charge in [0.2, 0.25) is 12.7 Å². The van der Waals surface area contributed by atoms with Crippen LogP contribution in [0.25, 0.3) is 0 Å². The molecular formula is C29H34N2O6S. The average Bonchev–Trinajstić information content (AvgIpc) is 3.57. The van der Waals surface area contributed by atoms with Gasteiger partial charge in [0.05, 0.1) is 20.8 Å². The summed E-state index contributed by atoms with van der Waals surface area (Å²) in [6, 6.07) is 13.0. The van der Waals surface area contributed by atoms with E-state index in [0.29, 0.717) is 54.6 Å². The number of hydrogen-bond donors (Lipinski definition) is 0. The van der Waals surface area contributed by atoms with Crippen molar-refractivity contribution in [3.05, 3.63) is 69.4 Å². The van der Waals surface area contributed by atoms with Crippen molar-refractivity contribution in [3.63, 3.8) is 0 Å². The second kappa shape index (κ2) is 12.7. The molecule has 4 rings (SSSR count). The van der Waals surface area contributed by atoms with Gasteiger partial charge in [0.1, 0.15) is 6.54 Å². The van der Waals surface area contributed by atoms with E-state index in [1.165, 1.54) is 0 Å². The Labute approximate surface area is 227 Å². The van der Waals surface area contributed by atoms with E-state index >= 15 is 0 Å². The van der Waals surface area contributed by atoms with Crippen molar-refractivity contribution in [1.82, 2.24) is 9.80 Å². The molecule has 1 aliphatic heterocycles. The van der Waals surface area contributed by atoms with Gasteiger partial charge in [-0.25, -0.2) is 0 Å². The smallest absolute Gasteiger partial charge is 0.254 e. The molecule has 1 aromatic heterocycles. The summed E-state index contributed by atoms with van der Waals surface area (Å²) in [5.41, 5.74) is 2.66. The highest BCUT2D eigenvalue weighted by Gasteiger charge is 2.24. The Hall–Kier alpha value is -3.72. The van der Waals surface area contributed by atoms with Crippen LogP contribution in [0.5, 0.6) is 23.0 Å². The van der Waals surface area contributed by atoms with E-state index in [1.807, 2.05) is 35.4 Å². The summed E-state index contributed by atoms with van der Waals surface area (Å²) in [6.07, 6.45) is 1.37. The Balaban J connectivity index is 1.51. The average molecular weight is 539 g/mol. The molecule has 0 aliphatic carbocycles. The minimum Gasteiger partial charge on any atom is -0.493 e. The van der Waals surface area contributed by atoms with Crippen LogP contribution in [0.2, 0.25) is 0 Å². The van der Waals surface area contributed by atoms with Gasteiger partial charge in [-0.1, -0.05) is 13.0 Å². The Morgan fingerprint density at radius 2 is 1.74 bits per heavy atom. The van der Waals surface area contributed by atoms with Crippen LogP contribution in [0.4, 0.5) is 0 Å². The first-order chi connectivity index (χ1) is 18.4. The molecule has 3 aromatic rings. The highest BCUT2D eigenvalue weighted by molar-refractivity contribution is 7.10.